The molecule has 4 rings (SSSR count). The second kappa shape index (κ2) is 6.96. The van der Waals surface area contributed by atoms with Gasteiger partial charge in [-0.2, -0.15) is 0 Å². The van der Waals surface area contributed by atoms with Crippen molar-refractivity contribution in [1.29, 1.82) is 0 Å². The van der Waals surface area contributed by atoms with E-state index in [0.717, 1.165) is 5.56 Å². The Hall–Kier alpha value is -2.60. The van der Waals surface area contributed by atoms with Gasteiger partial charge in [-0.3, -0.25) is 0 Å². The van der Waals surface area contributed by atoms with E-state index < -0.39 is 5.41 Å². The molecule has 0 radical (unpaired) electrons. The summed E-state index contributed by atoms with van der Waals surface area (Å²) in [7, 11) is 0. The Labute approximate surface area is 149 Å². The molecule has 2 aromatic carbocycles. The molecule has 4 nitrogen and oxygen atoms in total. The fourth-order valence-electron chi connectivity index (χ4n) is 3.44. The monoisotopic (exact) mass is 356 g/mol. The zero-order chi connectivity index (χ0) is 18.0. The maximum atomic E-state index is 13.9. The van der Waals surface area contributed by atoms with Gasteiger partial charge in [-0.1, -0.05) is 30.3 Å². The van der Waals surface area contributed by atoms with Crippen molar-refractivity contribution in [2.24, 2.45) is 0 Å². The Kier molecular flexibility index (Phi) is 4.51. The van der Waals surface area contributed by atoms with E-state index in [2.05, 4.69) is 10.2 Å². The molecule has 134 valence electrons. The molecule has 1 aromatic heterocycles. The van der Waals surface area contributed by atoms with Crippen LogP contribution in [-0.2, 0) is 16.6 Å². The topological polar surface area (TPSA) is 48.2 Å². The smallest absolute Gasteiger partial charge is 0.227 e. The van der Waals surface area contributed by atoms with Crippen LogP contribution >= 0.6 is 0 Å². The molecule has 0 aliphatic carbocycles. The van der Waals surface area contributed by atoms with Crippen molar-refractivity contribution >= 4 is 0 Å². The molecule has 26 heavy (non-hydrogen) atoms. The van der Waals surface area contributed by atoms with Crippen molar-refractivity contribution in [3.8, 4) is 0 Å². The van der Waals surface area contributed by atoms with Gasteiger partial charge in [-0.05, 0) is 42.2 Å². The molecule has 0 bridgehead atoms. The van der Waals surface area contributed by atoms with Crippen LogP contribution in [0.2, 0.25) is 0 Å². The maximum Gasteiger partial charge on any atom is 0.227 e. The molecule has 0 atom stereocenters. The standard InChI is InChI=1S/C20H18F2N2O2/c21-16-7-5-15(6-8-16)20(9-11-25-12-10-20)19-24-23-18(26-19)13-14-3-1-2-4-17(14)22/h1-8H,9-13H2. The fourth-order valence-corrected chi connectivity index (χ4v) is 3.44. The van der Waals surface area contributed by atoms with Crippen LogP contribution in [0.4, 0.5) is 8.78 Å². The molecule has 1 saturated heterocycles. The first-order valence-corrected chi connectivity index (χ1v) is 8.57. The SMILES string of the molecule is Fc1ccc(C2(c3nnc(Cc4ccccc4F)o3)CCOCC2)cc1. The molecule has 0 spiro atoms. The van der Waals surface area contributed by atoms with E-state index in [1.807, 2.05) is 0 Å². The summed E-state index contributed by atoms with van der Waals surface area (Å²) in [5.74, 6) is 0.241. The molecule has 2 heterocycles. The Morgan fingerprint density at radius 3 is 2.38 bits per heavy atom. The van der Waals surface area contributed by atoms with Crippen LogP contribution in [-0.4, -0.2) is 23.4 Å². The highest BCUT2D eigenvalue weighted by atomic mass is 19.1. The van der Waals surface area contributed by atoms with Gasteiger partial charge in [-0.25, -0.2) is 8.78 Å². The van der Waals surface area contributed by atoms with Crippen LogP contribution in [0.1, 0.15) is 35.7 Å². The van der Waals surface area contributed by atoms with Crippen molar-refractivity contribution in [1.82, 2.24) is 10.2 Å². The van der Waals surface area contributed by atoms with Gasteiger partial charge in [0.05, 0.1) is 11.8 Å². The van der Waals surface area contributed by atoms with E-state index in [-0.39, 0.29) is 18.1 Å². The molecule has 3 aromatic rings. The highest BCUT2D eigenvalue weighted by Crippen LogP contribution is 2.40. The summed E-state index contributed by atoms with van der Waals surface area (Å²) in [4.78, 5) is 0. The van der Waals surface area contributed by atoms with Gasteiger partial charge in [0.2, 0.25) is 11.8 Å². The van der Waals surface area contributed by atoms with E-state index in [0.29, 0.717) is 43.4 Å². The van der Waals surface area contributed by atoms with Crippen LogP contribution in [0.3, 0.4) is 0 Å². The summed E-state index contributed by atoms with van der Waals surface area (Å²) >= 11 is 0. The molecule has 0 unspecified atom stereocenters. The van der Waals surface area contributed by atoms with Crippen LogP contribution in [0.25, 0.3) is 0 Å². The summed E-state index contributed by atoms with van der Waals surface area (Å²) < 4.78 is 38.7. The molecule has 1 aliphatic rings. The van der Waals surface area contributed by atoms with Gasteiger partial charge in [0, 0.05) is 13.2 Å². The van der Waals surface area contributed by atoms with Crippen molar-refractivity contribution in [3.63, 3.8) is 0 Å². The molecule has 1 aliphatic heterocycles. The van der Waals surface area contributed by atoms with Gasteiger partial charge >= 0.3 is 0 Å². The van der Waals surface area contributed by atoms with E-state index in [1.54, 1.807) is 30.3 Å². The van der Waals surface area contributed by atoms with Gasteiger partial charge in [0.25, 0.3) is 0 Å². The van der Waals surface area contributed by atoms with E-state index in [4.69, 9.17) is 9.15 Å². The van der Waals surface area contributed by atoms with Crippen LogP contribution < -0.4 is 0 Å². The van der Waals surface area contributed by atoms with Crippen molar-refractivity contribution in [3.05, 3.63) is 83.1 Å². The highest BCUT2D eigenvalue weighted by Gasteiger charge is 2.41. The van der Waals surface area contributed by atoms with Crippen molar-refractivity contribution < 1.29 is 17.9 Å². The Balaban J connectivity index is 1.68. The number of halogens is 2. The van der Waals surface area contributed by atoms with Crippen LogP contribution in [0, 0.1) is 11.6 Å². The number of aromatic nitrogens is 2. The van der Waals surface area contributed by atoms with Crippen LogP contribution in [0.15, 0.2) is 52.9 Å². The van der Waals surface area contributed by atoms with Gasteiger partial charge < -0.3 is 9.15 Å². The third-order valence-corrected chi connectivity index (χ3v) is 4.92. The van der Waals surface area contributed by atoms with Crippen molar-refractivity contribution in [2.75, 3.05) is 13.2 Å². The summed E-state index contributed by atoms with van der Waals surface area (Å²) in [6, 6.07) is 12.9. The summed E-state index contributed by atoms with van der Waals surface area (Å²) in [6.45, 7) is 1.12. The quantitative estimate of drug-likeness (QED) is 0.708. The lowest BCUT2D eigenvalue weighted by molar-refractivity contribution is 0.0540. The third-order valence-electron chi connectivity index (χ3n) is 4.92. The molecule has 6 heteroatoms. The van der Waals surface area contributed by atoms with Gasteiger partial charge in [0.1, 0.15) is 11.6 Å². The number of nitrogens with zero attached hydrogens (tertiary/aromatic N) is 2. The van der Waals surface area contributed by atoms with Gasteiger partial charge in [-0.15, -0.1) is 10.2 Å². The summed E-state index contributed by atoms with van der Waals surface area (Å²) in [5, 5.41) is 8.37. The lowest BCUT2D eigenvalue weighted by Crippen LogP contribution is -2.35. The lowest BCUT2D eigenvalue weighted by atomic mass is 9.74. The third kappa shape index (κ3) is 3.12. The molecule has 0 N–H and O–H groups in total. The minimum Gasteiger partial charge on any atom is -0.424 e. The zero-order valence-electron chi connectivity index (χ0n) is 14.1. The summed E-state index contributed by atoms with van der Waals surface area (Å²) in [5.41, 5.74) is 0.917. The molecule has 0 amide bonds. The largest absolute Gasteiger partial charge is 0.424 e. The Bertz CT molecular complexity index is 887. The number of hydrogen-bond acceptors (Lipinski definition) is 4. The molecule has 0 saturated carbocycles. The molecular weight excluding hydrogens is 338 g/mol. The predicted octanol–water partition coefficient (Wildman–Crippen LogP) is 4.04. The van der Waals surface area contributed by atoms with E-state index in [9.17, 15) is 8.78 Å². The second-order valence-electron chi connectivity index (χ2n) is 6.47. The zero-order valence-corrected chi connectivity index (χ0v) is 14.1. The van der Waals surface area contributed by atoms with Crippen molar-refractivity contribution in [2.45, 2.75) is 24.7 Å². The first kappa shape index (κ1) is 16.8. The summed E-state index contributed by atoms with van der Waals surface area (Å²) in [6.07, 6.45) is 1.57. The number of hydrogen-bond donors (Lipinski definition) is 0. The number of benzene rings is 2. The first-order chi connectivity index (χ1) is 12.7. The minimum absolute atomic E-state index is 0.232. The van der Waals surface area contributed by atoms with E-state index in [1.165, 1.54) is 18.2 Å². The fraction of sp³-hybridized carbons (Fsp3) is 0.300. The molecule has 1 fully saturated rings. The Morgan fingerprint density at radius 2 is 1.65 bits per heavy atom. The van der Waals surface area contributed by atoms with E-state index >= 15 is 0 Å². The normalized spacial score (nSPS) is 16.5. The average Bonchev–Trinajstić information content (AvgIpc) is 3.14. The Morgan fingerprint density at radius 1 is 0.923 bits per heavy atom. The highest BCUT2D eigenvalue weighted by molar-refractivity contribution is 5.33. The predicted molar refractivity (Wildman–Crippen MR) is 90.7 cm³/mol. The minimum atomic E-state index is -0.508. The molecular formula is C20H18F2N2O2. The lowest BCUT2D eigenvalue weighted by Gasteiger charge is -2.34. The van der Waals surface area contributed by atoms with Gasteiger partial charge in [0.15, 0.2) is 0 Å². The van der Waals surface area contributed by atoms with Crippen LogP contribution in [0.5, 0.6) is 0 Å². The first-order valence-electron chi connectivity index (χ1n) is 8.57. The second-order valence-corrected chi connectivity index (χ2v) is 6.47. The number of rotatable bonds is 4. The average molecular weight is 356 g/mol. The number of ether oxygens (including phenoxy) is 1. The maximum absolute atomic E-state index is 13.9.